The number of aromatic nitrogens is 1. The van der Waals surface area contributed by atoms with E-state index in [4.69, 9.17) is 10.9 Å². The summed E-state index contributed by atoms with van der Waals surface area (Å²) in [6.07, 6.45) is 1.69. The molecule has 1 saturated heterocycles. The Kier molecular flexibility index (Phi) is 4.21. The third-order valence-corrected chi connectivity index (χ3v) is 3.65. The summed E-state index contributed by atoms with van der Waals surface area (Å²) in [6, 6.07) is 4.35. The van der Waals surface area contributed by atoms with Crippen LogP contribution in [0.25, 0.3) is 0 Å². The van der Waals surface area contributed by atoms with E-state index in [0.717, 1.165) is 31.9 Å². The van der Waals surface area contributed by atoms with Crippen LogP contribution in [0.4, 0.5) is 5.69 Å². The molecule has 0 radical (unpaired) electrons. The Bertz CT molecular complexity index is 462. The fourth-order valence-corrected chi connectivity index (χ4v) is 2.51. The van der Waals surface area contributed by atoms with Gasteiger partial charge in [-0.3, -0.25) is 9.88 Å². The maximum Gasteiger partial charge on any atom is 0.188 e. The van der Waals surface area contributed by atoms with Gasteiger partial charge in [-0.2, -0.15) is 0 Å². The number of hydrogen-bond donors (Lipinski definition) is 2. The van der Waals surface area contributed by atoms with Crippen molar-refractivity contribution in [3.63, 3.8) is 0 Å². The molecule has 0 aliphatic carbocycles. The van der Waals surface area contributed by atoms with E-state index in [-0.39, 0.29) is 5.84 Å². The van der Waals surface area contributed by atoms with Gasteiger partial charge >= 0.3 is 0 Å². The molecule has 0 bridgehead atoms. The summed E-state index contributed by atoms with van der Waals surface area (Å²) in [5, 5.41) is 11.7. The number of amidine groups is 1. The Morgan fingerprint density at radius 1 is 1.58 bits per heavy atom. The summed E-state index contributed by atoms with van der Waals surface area (Å²) in [6.45, 7) is 8.53. The third-order valence-electron chi connectivity index (χ3n) is 3.65. The highest BCUT2D eigenvalue weighted by Crippen LogP contribution is 2.19. The van der Waals surface area contributed by atoms with Crippen molar-refractivity contribution in [1.29, 1.82) is 0 Å². The number of nitrogens with two attached hydrogens (primary N) is 1. The van der Waals surface area contributed by atoms with E-state index in [1.165, 1.54) is 0 Å². The van der Waals surface area contributed by atoms with E-state index >= 15 is 0 Å². The summed E-state index contributed by atoms with van der Waals surface area (Å²) in [5.41, 5.74) is 7.15. The second-order valence-corrected chi connectivity index (χ2v) is 4.81. The van der Waals surface area contributed by atoms with Crippen LogP contribution in [0, 0.1) is 0 Å². The molecule has 0 amide bonds. The lowest BCUT2D eigenvalue weighted by molar-refractivity contribution is 0.199. The number of piperazine rings is 1. The van der Waals surface area contributed by atoms with Crippen molar-refractivity contribution in [2.75, 3.05) is 31.1 Å². The van der Waals surface area contributed by atoms with Crippen molar-refractivity contribution < 1.29 is 5.21 Å². The van der Waals surface area contributed by atoms with Crippen LogP contribution in [-0.4, -0.2) is 53.1 Å². The van der Waals surface area contributed by atoms with Crippen molar-refractivity contribution in [2.24, 2.45) is 10.9 Å². The molecule has 0 spiro atoms. The van der Waals surface area contributed by atoms with Gasteiger partial charge in [0.25, 0.3) is 0 Å². The van der Waals surface area contributed by atoms with Gasteiger partial charge in [-0.25, -0.2) is 0 Å². The molecule has 1 unspecified atom stereocenters. The molecule has 1 aromatic rings. The predicted molar refractivity (Wildman–Crippen MR) is 75.7 cm³/mol. The predicted octanol–water partition coefficient (Wildman–Crippen LogP) is 0.707. The van der Waals surface area contributed by atoms with Gasteiger partial charge in [0.1, 0.15) is 5.69 Å². The van der Waals surface area contributed by atoms with Crippen LogP contribution >= 0.6 is 0 Å². The molecule has 2 heterocycles. The van der Waals surface area contributed by atoms with Gasteiger partial charge in [0.05, 0.1) is 0 Å². The minimum atomic E-state index is 0.0436. The normalized spacial score (nSPS) is 21.7. The monoisotopic (exact) mass is 263 g/mol. The number of pyridine rings is 1. The first-order valence-corrected chi connectivity index (χ1v) is 6.58. The summed E-state index contributed by atoms with van der Waals surface area (Å²) in [4.78, 5) is 8.87. The van der Waals surface area contributed by atoms with E-state index in [0.29, 0.717) is 11.7 Å². The number of rotatable bonds is 3. The highest BCUT2D eigenvalue weighted by Gasteiger charge is 2.22. The number of anilines is 1. The fraction of sp³-hybridized carbons (Fsp3) is 0.538. The SMILES string of the molecule is CCN1CCN(c2ccnc(C(N)=NO)c2)CC1C. The van der Waals surface area contributed by atoms with E-state index in [9.17, 15) is 0 Å². The van der Waals surface area contributed by atoms with Crippen LogP contribution in [0.15, 0.2) is 23.5 Å². The highest BCUT2D eigenvalue weighted by atomic mass is 16.4. The van der Waals surface area contributed by atoms with Crippen molar-refractivity contribution in [3.05, 3.63) is 24.0 Å². The van der Waals surface area contributed by atoms with Crippen LogP contribution in [-0.2, 0) is 0 Å². The molecule has 1 aliphatic rings. The molecule has 6 nitrogen and oxygen atoms in total. The third kappa shape index (κ3) is 2.96. The molecule has 0 aromatic carbocycles. The molecule has 6 heteroatoms. The van der Waals surface area contributed by atoms with Crippen LogP contribution in [0.5, 0.6) is 0 Å². The molecule has 1 aliphatic heterocycles. The zero-order chi connectivity index (χ0) is 13.8. The van der Waals surface area contributed by atoms with Crippen LogP contribution in [0.2, 0.25) is 0 Å². The van der Waals surface area contributed by atoms with Crippen molar-refractivity contribution in [2.45, 2.75) is 19.9 Å². The average Bonchev–Trinajstić information content (AvgIpc) is 2.46. The van der Waals surface area contributed by atoms with Gasteiger partial charge in [0.2, 0.25) is 0 Å². The molecule has 1 fully saturated rings. The van der Waals surface area contributed by atoms with Gasteiger partial charge in [-0.1, -0.05) is 12.1 Å². The molecule has 0 saturated carbocycles. The first-order chi connectivity index (χ1) is 9.15. The Morgan fingerprint density at radius 2 is 2.37 bits per heavy atom. The summed E-state index contributed by atoms with van der Waals surface area (Å²) < 4.78 is 0. The van der Waals surface area contributed by atoms with Crippen molar-refractivity contribution in [1.82, 2.24) is 9.88 Å². The minimum absolute atomic E-state index is 0.0436. The quantitative estimate of drug-likeness (QED) is 0.363. The fourth-order valence-electron chi connectivity index (χ4n) is 2.51. The zero-order valence-electron chi connectivity index (χ0n) is 11.5. The van der Waals surface area contributed by atoms with Crippen molar-refractivity contribution >= 4 is 11.5 Å². The standard InChI is InChI=1S/C13H21N5O/c1-3-17-6-7-18(9-10(17)2)11-4-5-15-12(8-11)13(14)16-19/h4-5,8,10,19H,3,6-7,9H2,1-2H3,(H2,14,16). The largest absolute Gasteiger partial charge is 0.409 e. The maximum atomic E-state index is 8.70. The Balaban J connectivity index is 2.15. The average molecular weight is 263 g/mol. The molecule has 2 rings (SSSR count). The second-order valence-electron chi connectivity index (χ2n) is 4.81. The topological polar surface area (TPSA) is 78.0 Å². The lowest BCUT2D eigenvalue weighted by Gasteiger charge is -2.40. The zero-order valence-corrected chi connectivity index (χ0v) is 11.5. The van der Waals surface area contributed by atoms with E-state index < -0.39 is 0 Å². The number of hydrogen-bond acceptors (Lipinski definition) is 5. The van der Waals surface area contributed by atoms with Gasteiger partial charge < -0.3 is 15.8 Å². The van der Waals surface area contributed by atoms with E-state index in [2.05, 4.69) is 33.8 Å². The summed E-state index contributed by atoms with van der Waals surface area (Å²) in [7, 11) is 0. The number of likely N-dealkylation sites (N-methyl/N-ethyl adjacent to an activating group) is 1. The molecule has 3 N–H and O–H groups in total. The van der Waals surface area contributed by atoms with Gasteiger partial charge in [0, 0.05) is 37.6 Å². The first-order valence-electron chi connectivity index (χ1n) is 6.58. The number of oxime groups is 1. The Labute approximate surface area is 113 Å². The highest BCUT2D eigenvalue weighted by molar-refractivity contribution is 5.95. The Hall–Kier alpha value is -1.82. The van der Waals surface area contributed by atoms with Crippen molar-refractivity contribution in [3.8, 4) is 0 Å². The molecule has 19 heavy (non-hydrogen) atoms. The molecule has 104 valence electrons. The van der Waals surface area contributed by atoms with Gasteiger partial charge in [-0.05, 0) is 25.6 Å². The van der Waals surface area contributed by atoms with E-state index in [1.807, 2.05) is 12.1 Å². The van der Waals surface area contributed by atoms with E-state index in [1.54, 1.807) is 6.20 Å². The van der Waals surface area contributed by atoms with Crippen LogP contribution < -0.4 is 10.6 Å². The lowest BCUT2D eigenvalue weighted by atomic mass is 10.1. The smallest absolute Gasteiger partial charge is 0.188 e. The second kappa shape index (κ2) is 5.88. The minimum Gasteiger partial charge on any atom is -0.409 e. The van der Waals surface area contributed by atoms with Gasteiger partial charge in [-0.15, -0.1) is 0 Å². The van der Waals surface area contributed by atoms with Gasteiger partial charge in [0.15, 0.2) is 5.84 Å². The number of nitrogens with zero attached hydrogens (tertiary/aromatic N) is 4. The summed E-state index contributed by atoms with van der Waals surface area (Å²) >= 11 is 0. The Morgan fingerprint density at radius 3 is 3.00 bits per heavy atom. The van der Waals surface area contributed by atoms with Crippen LogP contribution in [0.1, 0.15) is 19.5 Å². The molecular weight excluding hydrogens is 242 g/mol. The van der Waals surface area contributed by atoms with Crippen LogP contribution in [0.3, 0.4) is 0 Å². The summed E-state index contributed by atoms with van der Waals surface area (Å²) in [5.74, 6) is 0.0436. The molecule has 1 atom stereocenters. The molecule has 1 aromatic heterocycles. The maximum absolute atomic E-state index is 8.70. The lowest BCUT2D eigenvalue weighted by Crippen LogP contribution is -2.51. The molecular formula is C13H21N5O. The first kappa shape index (κ1) is 13.6.